The highest BCUT2D eigenvalue weighted by Gasteiger charge is 2.21. The van der Waals surface area contributed by atoms with Crippen LogP contribution >= 0.6 is 0 Å². The molecule has 0 aromatic carbocycles. The van der Waals surface area contributed by atoms with Gasteiger partial charge in [-0.2, -0.15) is 0 Å². The van der Waals surface area contributed by atoms with Crippen LogP contribution in [-0.4, -0.2) is 20.2 Å². The van der Waals surface area contributed by atoms with Gasteiger partial charge in [0.15, 0.2) is 0 Å². The molecule has 0 heterocycles. The van der Waals surface area contributed by atoms with Gasteiger partial charge in [0.05, 0.1) is 0 Å². The molecule has 1 fully saturated rings. The lowest BCUT2D eigenvalue weighted by atomic mass is 9.79. The average Bonchev–Trinajstić information content (AvgIpc) is 2.19. The van der Waals surface area contributed by atoms with Crippen LogP contribution in [-0.2, 0) is 4.65 Å². The molecule has 1 atom stereocenters. The number of hydrogen-bond acceptors (Lipinski definition) is 2. The van der Waals surface area contributed by atoms with Gasteiger partial charge in [-0.05, 0) is 31.6 Å². The van der Waals surface area contributed by atoms with Crippen LogP contribution in [0.5, 0.6) is 0 Å². The SMILES string of the molecule is COB(C)N[C@@H](C)C1CCCCC1. The Morgan fingerprint density at radius 2 is 1.92 bits per heavy atom. The summed E-state index contributed by atoms with van der Waals surface area (Å²) in [5.74, 6) is 0.867. The van der Waals surface area contributed by atoms with E-state index in [0.717, 1.165) is 5.92 Å². The van der Waals surface area contributed by atoms with E-state index in [4.69, 9.17) is 4.65 Å². The zero-order chi connectivity index (χ0) is 9.68. The van der Waals surface area contributed by atoms with Crippen molar-refractivity contribution in [1.29, 1.82) is 0 Å². The van der Waals surface area contributed by atoms with Crippen molar-refractivity contribution in [1.82, 2.24) is 5.23 Å². The Kier molecular flexibility index (Phi) is 4.82. The minimum Gasteiger partial charge on any atom is -0.424 e. The normalized spacial score (nSPS) is 21.5. The summed E-state index contributed by atoms with van der Waals surface area (Å²) >= 11 is 0. The molecule has 0 radical (unpaired) electrons. The zero-order valence-corrected chi connectivity index (χ0v) is 9.18. The highest BCUT2D eigenvalue weighted by atomic mass is 16.4. The van der Waals surface area contributed by atoms with E-state index in [1.807, 2.05) is 0 Å². The largest absolute Gasteiger partial charge is 0.424 e. The number of nitrogens with one attached hydrogen (secondary N) is 1. The van der Waals surface area contributed by atoms with Gasteiger partial charge in [-0.1, -0.05) is 26.2 Å². The second-order valence-electron chi connectivity index (χ2n) is 4.23. The third kappa shape index (κ3) is 3.69. The molecular formula is C10H22BNO. The molecule has 1 aliphatic carbocycles. The summed E-state index contributed by atoms with van der Waals surface area (Å²) in [5, 5.41) is 3.48. The highest BCUT2D eigenvalue weighted by Crippen LogP contribution is 2.26. The van der Waals surface area contributed by atoms with Crippen molar-refractivity contribution in [2.24, 2.45) is 5.92 Å². The van der Waals surface area contributed by atoms with Crippen molar-refractivity contribution in [3.63, 3.8) is 0 Å². The molecule has 0 bridgehead atoms. The van der Waals surface area contributed by atoms with Crippen molar-refractivity contribution in [3.8, 4) is 0 Å². The maximum atomic E-state index is 5.20. The highest BCUT2D eigenvalue weighted by molar-refractivity contribution is 6.47. The molecule has 0 amide bonds. The van der Waals surface area contributed by atoms with E-state index in [-0.39, 0.29) is 7.05 Å². The molecule has 0 aromatic heterocycles. The van der Waals surface area contributed by atoms with E-state index in [1.54, 1.807) is 7.11 Å². The van der Waals surface area contributed by atoms with Crippen molar-refractivity contribution in [2.45, 2.75) is 51.9 Å². The van der Waals surface area contributed by atoms with Crippen molar-refractivity contribution < 1.29 is 4.65 Å². The fraction of sp³-hybridized carbons (Fsp3) is 1.00. The second kappa shape index (κ2) is 5.66. The molecule has 0 unspecified atom stereocenters. The van der Waals surface area contributed by atoms with Crippen LogP contribution in [0.15, 0.2) is 0 Å². The van der Waals surface area contributed by atoms with Gasteiger partial charge < -0.3 is 9.88 Å². The summed E-state index contributed by atoms with van der Waals surface area (Å²) in [5.41, 5.74) is 0. The molecule has 2 nitrogen and oxygen atoms in total. The van der Waals surface area contributed by atoms with Crippen LogP contribution in [0.3, 0.4) is 0 Å². The van der Waals surface area contributed by atoms with E-state index in [1.165, 1.54) is 32.1 Å². The van der Waals surface area contributed by atoms with Crippen LogP contribution in [0.1, 0.15) is 39.0 Å². The van der Waals surface area contributed by atoms with E-state index in [0.29, 0.717) is 6.04 Å². The Balaban J connectivity index is 2.24. The maximum absolute atomic E-state index is 5.20. The van der Waals surface area contributed by atoms with Gasteiger partial charge in [0.25, 0.3) is 0 Å². The lowest BCUT2D eigenvalue weighted by Crippen LogP contribution is -2.44. The Bertz CT molecular complexity index is 137. The molecule has 13 heavy (non-hydrogen) atoms. The van der Waals surface area contributed by atoms with Gasteiger partial charge >= 0.3 is 7.05 Å². The molecule has 0 saturated heterocycles. The van der Waals surface area contributed by atoms with Gasteiger partial charge in [0.1, 0.15) is 0 Å². The summed E-state index contributed by atoms with van der Waals surface area (Å²) in [6.45, 7) is 4.35. The van der Waals surface area contributed by atoms with E-state index >= 15 is 0 Å². The van der Waals surface area contributed by atoms with Crippen LogP contribution in [0, 0.1) is 5.92 Å². The molecule has 0 aromatic rings. The maximum Gasteiger partial charge on any atom is 0.376 e. The average molecular weight is 183 g/mol. The van der Waals surface area contributed by atoms with E-state index in [2.05, 4.69) is 19.0 Å². The first-order valence-electron chi connectivity index (χ1n) is 5.53. The lowest BCUT2D eigenvalue weighted by molar-refractivity contribution is 0.292. The summed E-state index contributed by atoms with van der Waals surface area (Å²) in [4.78, 5) is 0. The number of rotatable bonds is 4. The molecule has 3 heteroatoms. The Hall–Kier alpha value is -0.0151. The molecule has 1 rings (SSSR count). The first-order chi connectivity index (χ1) is 6.24. The van der Waals surface area contributed by atoms with Gasteiger partial charge in [0, 0.05) is 7.11 Å². The van der Waals surface area contributed by atoms with Gasteiger partial charge in [-0.3, -0.25) is 0 Å². The predicted molar refractivity (Wildman–Crippen MR) is 57.8 cm³/mol. The molecule has 1 N–H and O–H groups in total. The smallest absolute Gasteiger partial charge is 0.376 e. The third-order valence-corrected chi connectivity index (χ3v) is 3.21. The van der Waals surface area contributed by atoms with Gasteiger partial charge in [0.2, 0.25) is 0 Å². The van der Waals surface area contributed by atoms with Gasteiger partial charge in [-0.25, -0.2) is 0 Å². The Morgan fingerprint density at radius 3 is 2.46 bits per heavy atom. The first kappa shape index (κ1) is 11.1. The standard InChI is InChI=1S/C10H22BNO/c1-9(12-11(2)13-3)10-7-5-4-6-8-10/h9-10,12H,4-8H2,1-3H3/t9-/m0/s1. The van der Waals surface area contributed by atoms with E-state index < -0.39 is 0 Å². The fourth-order valence-electron chi connectivity index (χ4n) is 2.21. The molecular weight excluding hydrogens is 161 g/mol. The summed E-state index contributed by atoms with van der Waals surface area (Å²) in [6, 6.07) is 0.607. The number of hydrogen-bond donors (Lipinski definition) is 1. The molecule has 1 saturated carbocycles. The lowest BCUT2D eigenvalue weighted by Gasteiger charge is -2.29. The topological polar surface area (TPSA) is 21.3 Å². The summed E-state index contributed by atoms with van der Waals surface area (Å²) < 4.78 is 5.20. The van der Waals surface area contributed by atoms with Crippen molar-refractivity contribution >= 4 is 7.05 Å². The van der Waals surface area contributed by atoms with Crippen LogP contribution in [0.25, 0.3) is 0 Å². The molecule has 1 aliphatic rings. The molecule has 0 spiro atoms. The zero-order valence-electron chi connectivity index (χ0n) is 9.18. The monoisotopic (exact) mass is 183 g/mol. The van der Waals surface area contributed by atoms with Crippen molar-refractivity contribution in [2.75, 3.05) is 7.11 Å². The van der Waals surface area contributed by atoms with Crippen LogP contribution in [0.4, 0.5) is 0 Å². The minimum atomic E-state index is 0.192. The van der Waals surface area contributed by atoms with E-state index in [9.17, 15) is 0 Å². The fourth-order valence-corrected chi connectivity index (χ4v) is 2.21. The van der Waals surface area contributed by atoms with Crippen LogP contribution < -0.4 is 5.23 Å². The Morgan fingerprint density at radius 1 is 1.31 bits per heavy atom. The quantitative estimate of drug-likeness (QED) is 0.675. The Labute approximate surface area is 82.6 Å². The summed E-state index contributed by atoms with van der Waals surface area (Å²) in [7, 11) is 1.95. The second-order valence-corrected chi connectivity index (χ2v) is 4.23. The van der Waals surface area contributed by atoms with Crippen LogP contribution in [0.2, 0.25) is 6.82 Å². The van der Waals surface area contributed by atoms with Gasteiger partial charge in [-0.15, -0.1) is 0 Å². The molecule has 0 aliphatic heterocycles. The predicted octanol–water partition coefficient (Wildman–Crippen LogP) is 2.31. The third-order valence-electron chi connectivity index (χ3n) is 3.21. The minimum absolute atomic E-state index is 0.192. The first-order valence-corrected chi connectivity index (χ1v) is 5.53. The molecule has 76 valence electrons. The van der Waals surface area contributed by atoms with Crippen molar-refractivity contribution in [3.05, 3.63) is 0 Å². The summed E-state index contributed by atoms with van der Waals surface area (Å²) in [6.07, 6.45) is 7.05.